The molecule has 20 heavy (non-hydrogen) atoms. The summed E-state index contributed by atoms with van der Waals surface area (Å²) in [4.78, 5) is 11.6. The van der Waals surface area contributed by atoms with Gasteiger partial charge in [0.1, 0.15) is 11.6 Å². The van der Waals surface area contributed by atoms with Crippen LogP contribution in [0.3, 0.4) is 0 Å². The van der Waals surface area contributed by atoms with E-state index in [1.54, 1.807) is 6.92 Å². The van der Waals surface area contributed by atoms with Gasteiger partial charge in [0.15, 0.2) is 0 Å². The van der Waals surface area contributed by atoms with Crippen molar-refractivity contribution in [2.45, 2.75) is 45.7 Å². The van der Waals surface area contributed by atoms with Gasteiger partial charge in [0.05, 0.1) is 0 Å². The first-order valence-electron chi connectivity index (χ1n) is 6.91. The SMILES string of the molecule is CCC(C)NC(=O)CCNC(C)c1ccc(F)cc1F. The summed E-state index contributed by atoms with van der Waals surface area (Å²) in [5.41, 5.74) is 0.397. The first kappa shape index (κ1) is 16.6. The molecule has 2 atom stereocenters. The number of benzene rings is 1. The summed E-state index contributed by atoms with van der Waals surface area (Å²) in [6.07, 6.45) is 1.22. The molecule has 1 aromatic carbocycles. The fraction of sp³-hybridized carbons (Fsp3) is 0.533. The van der Waals surface area contributed by atoms with E-state index in [0.29, 0.717) is 18.5 Å². The lowest BCUT2D eigenvalue weighted by Crippen LogP contribution is -2.34. The monoisotopic (exact) mass is 284 g/mol. The molecular formula is C15H22F2N2O. The molecule has 0 aliphatic carbocycles. The van der Waals surface area contributed by atoms with Gasteiger partial charge in [-0.25, -0.2) is 8.78 Å². The second-order valence-corrected chi connectivity index (χ2v) is 4.97. The average molecular weight is 284 g/mol. The van der Waals surface area contributed by atoms with Gasteiger partial charge >= 0.3 is 0 Å². The summed E-state index contributed by atoms with van der Waals surface area (Å²) < 4.78 is 26.4. The summed E-state index contributed by atoms with van der Waals surface area (Å²) >= 11 is 0. The van der Waals surface area contributed by atoms with Crippen LogP contribution in [0.2, 0.25) is 0 Å². The van der Waals surface area contributed by atoms with Gasteiger partial charge in [0, 0.05) is 36.7 Å². The molecule has 0 spiro atoms. The van der Waals surface area contributed by atoms with Crippen LogP contribution in [-0.2, 0) is 4.79 Å². The lowest BCUT2D eigenvalue weighted by Gasteiger charge is -2.16. The normalized spacial score (nSPS) is 13.8. The van der Waals surface area contributed by atoms with Gasteiger partial charge in [0.25, 0.3) is 0 Å². The van der Waals surface area contributed by atoms with E-state index in [2.05, 4.69) is 10.6 Å². The molecule has 1 amide bonds. The third-order valence-corrected chi connectivity index (χ3v) is 3.25. The molecule has 0 fully saturated rings. The summed E-state index contributed by atoms with van der Waals surface area (Å²) in [7, 11) is 0. The minimum absolute atomic E-state index is 0.0290. The van der Waals surface area contributed by atoms with Crippen molar-refractivity contribution >= 4 is 5.91 Å². The van der Waals surface area contributed by atoms with Crippen molar-refractivity contribution in [3.63, 3.8) is 0 Å². The minimum atomic E-state index is -0.591. The summed E-state index contributed by atoms with van der Waals surface area (Å²) in [6.45, 7) is 6.17. The first-order chi connectivity index (χ1) is 9.43. The highest BCUT2D eigenvalue weighted by Gasteiger charge is 2.12. The van der Waals surface area contributed by atoms with Crippen LogP contribution in [0.25, 0.3) is 0 Å². The van der Waals surface area contributed by atoms with E-state index < -0.39 is 11.6 Å². The maximum absolute atomic E-state index is 13.5. The molecule has 1 aromatic rings. The largest absolute Gasteiger partial charge is 0.354 e. The van der Waals surface area contributed by atoms with E-state index in [1.807, 2.05) is 13.8 Å². The number of carbonyl (C=O) groups is 1. The molecule has 0 saturated carbocycles. The van der Waals surface area contributed by atoms with Crippen LogP contribution >= 0.6 is 0 Å². The van der Waals surface area contributed by atoms with Gasteiger partial charge in [-0.05, 0) is 26.3 Å². The van der Waals surface area contributed by atoms with E-state index in [0.717, 1.165) is 12.5 Å². The third-order valence-electron chi connectivity index (χ3n) is 3.25. The highest BCUT2D eigenvalue weighted by Crippen LogP contribution is 2.17. The van der Waals surface area contributed by atoms with Crippen LogP contribution in [-0.4, -0.2) is 18.5 Å². The van der Waals surface area contributed by atoms with Crippen molar-refractivity contribution in [1.82, 2.24) is 10.6 Å². The zero-order valence-corrected chi connectivity index (χ0v) is 12.2. The second kappa shape index (κ2) is 7.94. The number of nitrogens with one attached hydrogen (secondary N) is 2. The predicted octanol–water partition coefficient (Wildman–Crippen LogP) is 2.92. The number of rotatable bonds is 7. The highest BCUT2D eigenvalue weighted by molar-refractivity contribution is 5.76. The summed E-state index contributed by atoms with van der Waals surface area (Å²) in [5.74, 6) is -1.20. The molecule has 3 nitrogen and oxygen atoms in total. The Morgan fingerprint density at radius 2 is 2.00 bits per heavy atom. The van der Waals surface area contributed by atoms with Crippen LogP contribution in [0.5, 0.6) is 0 Å². The topological polar surface area (TPSA) is 41.1 Å². The van der Waals surface area contributed by atoms with E-state index in [-0.39, 0.29) is 18.0 Å². The molecule has 0 saturated heterocycles. The number of amides is 1. The number of hydrogen-bond donors (Lipinski definition) is 2. The highest BCUT2D eigenvalue weighted by atomic mass is 19.1. The molecule has 112 valence electrons. The van der Waals surface area contributed by atoms with Crippen LogP contribution < -0.4 is 10.6 Å². The maximum atomic E-state index is 13.5. The quantitative estimate of drug-likeness (QED) is 0.808. The van der Waals surface area contributed by atoms with Gasteiger partial charge in [-0.15, -0.1) is 0 Å². The number of halogens is 2. The van der Waals surface area contributed by atoms with E-state index in [4.69, 9.17) is 0 Å². The molecule has 0 radical (unpaired) electrons. The van der Waals surface area contributed by atoms with Gasteiger partial charge < -0.3 is 10.6 Å². The summed E-state index contributed by atoms with van der Waals surface area (Å²) in [6, 6.07) is 3.40. The van der Waals surface area contributed by atoms with Gasteiger partial charge in [-0.2, -0.15) is 0 Å². The number of hydrogen-bond acceptors (Lipinski definition) is 2. The lowest BCUT2D eigenvalue weighted by molar-refractivity contribution is -0.121. The van der Waals surface area contributed by atoms with Crippen LogP contribution in [0.15, 0.2) is 18.2 Å². The van der Waals surface area contributed by atoms with Gasteiger partial charge in [-0.3, -0.25) is 4.79 Å². The minimum Gasteiger partial charge on any atom is -0.354 e. The smallest absolute Gasteiger partial charge is 0.221 e. The Kier molecular flexibility index (Phi) is 6.58. The summed E-state index contributed by atoms with van der Waals surface area (Å²) in [5, 5.41) is 5.92. The van der Waals surface area contributed by atoms with Crippen molar-refractivity contribution in [2.75, 3.05) is 6.54 Å². The van der Waals surface area contributed by atoms with Crippen molar-refractivity contribution in [3.05, 3.63) is 35.4 Å². The fourth-order valence-corrected chi connectivity index (χ4v) is 1.81. The molecule has 0 aromatic heterocycles. The average Bonchev–Trinajstić information content (AvgIpc) is 2.38. The second-order valence-electron chi connectivity index (χ2n) is 4.97. The third kappa shape index (κ3) is 5.25. The molecule has 2 N–H and O–H groups in total. The molecule has 0 aliphatic rings. The Bertz CT molecular complexity index is 451. The lowest BCUT2D eigenvalue weighted by atomic mass is 10.1. The van der Waals surface area contributed by atoms with E-state index >= 15 is 0 Å². The Labute approximate surface area is 118 Å². The van der Waals surface area contributed by atoms with Crippen molar-refractivity contribution in [3.8, 4) is 0 Å². The van der Waals surface area contributed by atoms with Crippen LogP contribution in [0.1, 0.15) is 45.2 Å². The van der Waals surface area contributed by atoms with E-state index in [1.165, 1.54) is 12.1 Å². The van der Waals surface area contributed by atoms with Crippen LogP contribution in [0.4, 0.5) is 8.78 Å². The molecule has 0 aliphatic heterocycles. The van der Waals surface area contributed by atoms with Crippen molar-refractivity contribution in [2.24, 2.45) is 0 Å². The fourth-order valence-electron chi connectivity index (χ4n) is 1.81. The molecule has 0 bridgehead atoms. The molecular weight excluding hydrogens is 262 g/mol. The molecule has 1 rings (SSSR count). The zero-order valence-electron chi connectivity index (χ0n) is 12.2. The molecule has 2 unspecified atom stereocenters. The van der Waals surface area contributed by atoms with Gasteiger partial charge in [-0.1, -0.05) is 13.0 Å². The van der Waals surface area contributed by atoms with E-state index in [9.17, 15) is 13.6 Å². The number of carbonyl (C=O) groups excluding carboxylic acids is 1. The van der Waals surface area contributed by atoms with Crippen LogP contribution in [0, 0.1) is 11.6 Å². The standard InChI is InChI=1S/C15H22F2N2O/c1-4-10(2)19-15(20)7-8-18-11(3)13-6-5-12(16)9-14(13)17/h5-6,9-11,18H,4,7-8H2,1-3H3,(H,19,20). The predicted molar refractivity (Wildman–Crippen MR) is 75.3 cm³/mol. The molecule has 5 heteroatoms. The Balaban J connectivity index is 2.40. The molecule has 0 heterocycles. The van der Waals surface area contributed by atoms with Crippen molar-refractivity contribution in [1.29, 1.82) is 0 Å². The Morgan fingerprint density at radius 3 is 2.60 bits per heavy atom. The van der Waals surface area contributed by atoms with Gasteiger partial charge in [0.2, 0.25) is 5.91 Å². The first-order valence-corrected chi connectivity index (χ1v) is 6.91. The Morgan fingerprint density at radius 1 is 1.30 bits per heavy atom. The van der Waals surface area contributed by atoms with Crippen molar-refractivity contribution < 1.29 is 13.6 Å². The Hall–Kier alpha value is -1.49. The maximum Gasteiger partial charge on any atom is 0.221 e. The zero-order chi connectivity index (χ0) is 15.1.